The second kappa shape index (κ2) is 8.00. The molecule has 4 aromatic rings. The molecule has 7 heteroatoms. The number of benzene rings is 2. The Morgan fingerprint density at radius 2 is 1.86 bits per heavy atom. The topological polar surface area (TPSA) is 70.7 Å². The molecule has 0 spiro atoms. The smallest absolute Gasteiger partial charge is 0.236 e. The molecule has 0 aliphatic carbocycles. The summed E-state index contributed by atoms with van der Waals surface area (Å²) >= 11 is 2.81. The van der Waals surface area contributed by atoms with Gasteiger partial charge in [0.1, 0.15) is 0 Å². The minimum absolute atomic E-state index is 0.0977. The van der Waals surface area contributed by atoms with E-state index in [4.69, 9.17) is 0 Å². The van der Waals surface area contributed by atoms with Crippen molar-refractivity contribution in [3.63, 3.8) is 0 Å². The molecule has 0 saturated heterocycles. The predicted octanol–water partition coefficient (Wildman–Crippen LogP) is 5.71. The molecule has 29 heavy (non-hydrogen) atoms. The zero-order valence-electron chi connectivity index (χ0n) is 16.5. The summed E-state index contributed by atoms with van der Waals surface area (Å²) in [6.07, 6.45) is 0. The Morgan fingerprint density at radius 1 is 1.10 bits per heavy atom. The highest BCUT2D eigenvalue weighted by Gasteiger charge is 2.14. The number of carbonyl (C=O) groups is 1. The number of aromatic nitrogens is 3. The number of fused-ring (bicyclic) bond motifs is 1. The number of para-hydroxylation sites is 2. The van der Waals surface area contributed by atoms with E-state index in [0.717, 1.165) is 27.4 Å². The van der Waals surface area contributed by atoms with Gasteiger partial charge in [-0.15, -0.1) is 11.3 Å². The average molecular weight is 423 g/mol. The van der Waals surface area contributed by atoms with Crippen LogP contribution in [-0.2, 0) is 10.2 Å². The number of rotatable bonds is 5. The van der Waals surface area contributed by atoms with Gasteiger partial charge in [-0.3, -0.25) is 4.79 Å². The summed E-state index contributed by atoms with van der Waals surface area (Å²) in [5.74, 6) is 0.175. The van der Waals surface area contributed by atoms with E-state index in [2.05, 4.69) is 65.3 Å². The monoisotopic (exact) mass is 422 g/mol. The van der Waals surface area contributed by atoms with Crippen LogP contribution in [0, 0.1) is 0 Å². The van der Waals surface area contributed by atoms with Gasteiger partial charge >= 0.3 is 0 Å². The van der Waals surface area contributed by atoms with Crippen LogP contribution >= 0.6 is 23.1 Å². The Kier molecular flexibility index (Phi) is 5.43. The van der Waals surface area contributed by atoms with Crippen LogP contribution in [0.5, 0.6) is 0 Å². The van der Waals surface area contributed by atoms with Crippen LogP contribution in [0.1, 0.15) is 26.3 Å². The fourth-order valence-electron chi connectivity index (χ4n) is 2.89. The van der Waals surface area contributed by atoms with Crippen molar-refractivity contribution in [1.29, 1.82) is 0 Å². The fourth-order valence-corrected chi connectivity index (χ4v) is 4.31. The van der Waals surface area contributed by atoms with E-state index in [1.807, 2.05) is 29.6 Å². The van der Waals surface area contributed by atoms with Crippen LogP contribution in [0.4, 0.5) is 5.13 Å². The van der Waals surface area contributed by atoms with Crippen molar-refractivity contribution in [1.82, 2.24) is 15.0 Å². The molecule has 0 saturated carbocycles. The summed E-state index contributed by atoms with van der Waals surface area (Å²) in [5, 5.41) is 6.19. The quantitative estimate of drug-likeness (QED) is 0.404. The molecule has 148 valence electrons. The molecule has 1 amide bonds. The van der Waals surface area contributed by atoms with Crippen LogP contribution in [0.25, 0.3) is 22.3 Å². The first-order valence-corrected chi connectivity index (χ1v) is 11.2. The van der Waals surface area contributed by atoms with Crippen LogP contribution in [-0.4, -0.2) is 26.6 Å². The van der Waals surface area contributed by atoms with Gasteiger partial charge in [0.25, 0.3) is 0 Å². The lowest BCUT2D eigenvalue weighted by atomic mass is 9.86. The van der Waals surface area contributed by atoms with Crippen molar-refractivity contribution < 1.29 is 4.79 Å². The summed E-state index contributed by atoms with van der Waals surface area (Å²) in [4.78, 5) is 24.5. The summed E-state index contributed by atoms with van der Waals surface area (Å²) in [6.45, 7) is 6.59. The van der Waals surface area contributed by atoms with Gasteiger partial charge in [0.15, 0.2) is 10.3 Å². The molecular formula is C22H22N4OS2. The van der Waals surface area contributed by atoms with Gasteiger partial charge in [-0.25, -0.2) is 9.97 Å². The number of nitrogens with one attached hydrogen (secondary N) is 2. The molecule has 2 aromatic carbocycles. The Morgan fingerprint density at radius 3 is 2.59 bits per heavy atom. The second-order valence-corrected chi connectivity index (χ2v) is 9.58. The Balaban J connectivity index is 1.36. The van der Waals surface area contributed by atoms with Gasteiger partial charge in [0.2, 0.25) is 5.91 Å². The van der Waals surface area contributed by atoms with Gasteiger partial charge in [-0.1, -0.05) is 68.9 Å². The number of H-pyrrole nitrogens is 1. The second-order valence-electron chi connectivity index (χ2n) is 7.76. The molecule has 0 unspecified atom stereocenters. The SMILES string of the molecule is CC(C)(C)c1ccc(-c2csc(NC(=O)CSc3nc4ccccc4[nH]3)n2)cc1. The number of thioether (sulfide) groups is 1. The van der Waals surface area contributed by atoms with Gasteiger partial charge in [0, 0.05) is 10.9 Å². The Bertz CT molecular complexity index is 1110. The first kappa shape index (κ1) is 19.7. The number of imidazole rings is 1. The lowest BCUT2D eigenvalue weighted by Gasteiger charge is -2.18. The minimum atomic E-state index is -0.0977. The number of anilines is 1. The number of aromatic amines is 1. The molecule has 0 aliphatic rings. The average Bonchev–Trinajstić information content (AvgIpc) is 3.32. The standard InChI is InChI=1S/C22H22N4OS2/c1-22(2,3)15-10-8-14(9-11-15)18-12-28-21(25-18)26-19(27)13-29-20-23-16-6-4-5-7-17(16)24-20/h4-12H,13H2,1-3H3,(H,23,24)(H,25,26,27). The lowest BCUT2D eigenvalue weighted by Crippen LogP contribution is -2.13. The van der Waals surface area contributed by atoms with Crippen LogP contribution in [0.15, 0.2) is 59.1 Å². The number of thiazole rings is 1. The fraction of sp³-hybridized carbons (Fsp3) is 0.227. The van der Waals surface area contributed by atoms with Crippen molar-refractivity contribution in [2.24, 2.45) is 0 Å². The Labute approximate surface area is 178 Å². The number of nitrogens with zero attached hydrogens (tertiary/aromatic N) is 2. The maximum Gasteiger partial charge on any atom is 0.236 e. The minimum Gasteiger partial charge on any atom is -0.333 e. The van der Waals surface area contributed by atoms with Crippen molar-refractivity contribution in [2.45, 2.75) is 31.3 Å². The lowest BCUT2D eigenvalue weighted by molar-refractivity contribution is -0.113. The van der Waals surface area contributed by atoms with Crippen LogP contribution in [0.2, 0.25) is 0 Å². The zero-order valence-corrected chi connectivity index (χ0v) is 18.2. The molecule has 2 N–H and O–H groups in total. The highest BCUT2D eigenvalue weighted by atomic mass is 32.2. The first-order chi connectivity index (χ1) is 13.9. The molecule has 0 fully saturated rings. The first-order valence-electron chi connectivity index (χ1n) is 9.32. The third-order valence-electron chi connectivity index (χ3n) is 4.50. The molecular weight excluding hydrogens is 400 g/mol. The maximum atomic E-state index is 12.3. The molecule has 0 radical (unpaired) electrons. The summed E-state index contributed by atoms with van der Waals surface area (Å²) in [7, 11) is 0. The summed E-state index contributed by atoms with van der Waals surface area (Å²) in [5.41, 5.74) is 5.20. The van der Waals surface area contributed by atoms with Gasteiger partial charge < -0.3 is 10.3 Å². The van der Waals surface area contributed by atoms with E-state index in [1.165, 1.54) is 28.7 Å². The molecule has 0 aliphatic heterocycles. The molecule has 2 heterocycles. The van der Waals surface area contributed by atoms with E-state index in [0.29, 0.717) is 5.13 Å². The van der Waals surface area contributed by atoms with Crippen LogP contribution in [0.3, 0.4) is 0 Å². The van der Waals surface area contributed by atoms with E-state index in [9.17, 15) is 4.79 Å². The summed E-state index contributed by atoms with van der Waals surface area (Å²) in [6, 6.07) is 16.3. The van der Waals surface area contributed by atoms with Crippen molar-refractivity contribution in [3.05, 3.63) is 59.5 Å². The normalized spacial score (nSPS) is 11.7. The van der Waals surface area contributed by atoms with Crippen molar-refractivity contribution in [3.8, 4) is 11.3 Å². The van der Waals surface area contributed by atoms with Crippen LogP contribution < -0.4 is 5.32 Å². The third kappa shape index (κ3) is 4.68. The van der Waals surface area contributed by atoms with E-state index < -0.39 is 0 Å². The number of carbonyl (C=O) groups excluding carboxylic acids is 1. The van der Waals surface area contributed by atoms with Crippen molar-refractivity contribution in [2.75, 3.05) is 11.1 Å². The van der Waals surface area contributed by atoms with Gasteiger partial charge in [-0.2, -0.15) is 0 Å². The molecule has 4 rings (SSSR count). The predicted molar refractivity (Wildman–Crippen MR) is 122 cm³/mol. The number of hydrogen-bond donors (Lipinski definition) is 2. The van der Waals surface area contributed by atoms with E-state index >= 15 is 0 Å². The number of hydrogen-bond acceptors (Lipinski definition) is 5. The third-order valence-corrected chi connectivity index (χ3v) is 6.14. The summed E-state index contributed by atoms with van der Waals surface area (Å²) < 4.78 is 0. The van der Waals surface area contributed by atoms with E-state index in [1.54, 1.807) is 0 Å². The molecule has 2 aromatic heterocycles. The zero-order chi connectivity index (χ0) is 20.4. The Hall–Kier alpha value is -2.64. The van der Waals surface area contributed by atoms with Gasteiger partial charge in [0.05, 0.1) is 22.5 Å². The molecule has 0 bridgehead atoms. The highest BCUT2D eigenvalue weighted by Crippen LogP contribution is 2.28. The van der Waals surface area contributed by atoms with E-state index in [-0.39, 0.29) is 17.1 Å². The molecule has 0 atom stereocenters. The van der Waals surface area contributed by atoms with Crippen molar-refractivity contribution >= 4 is 45.2 Å². The maximum absolute atomic E-state index is 12.3. The van der Waals surface area contributed by atoms with Gasteiger partial charge in [-0.05, 0) is 23.1 Å². The molecule has 5 nitrogen and oxygen atoms in total. The largest absolute Gasteiger partial charge is 0.333 e. The number of amides is 1. The highest BCUT2D eigenvalue weighted by molar-refractivity contribution is 7.99.